The summed E-state index contributed by atoms with van der Waals surface area (Å²) in [6, 6.07) is 9.07. The third kappa shape index (κ3) is 6.01. The molecule has 5 nitrogen and oxygen atoms in total. The van der Waals surface area contributed by atoms with Crippen LogP contribution in [0.1, 0.15) is 31.9 Å². The maximum atomic E-state index is 5.49. The number of rotatable bonds is 7. The van der Waals surface area contributed by atoms with Crippen molar-refractivity contribution >= 4 is 5.96 Å². The summed E-state index contributed by atoms with van der Waals surface area (Å²) in [5.41, 5.74) is 2.72. The summed E-state index contributed by atoms with van der Waals surface area (Å²) in [6.45, 7) is 12.2. The number of aliphatic imine (C=N–C) groups is 1. The molecule has 2 rings (SSSR count). The highest BCUT2D eigenvalue weighted by molar-refractivity contribution is 5.79. The highest BCUT2D eigenvalue weighted by Crippen LogP contribution is 2.12. The predicted octanol–water partition coefficient (Wildman–Crippen LogP) is 2.27. The molecule has 0 aliphatic carbocycles. The number of nitrogens with one attached hydrogen (secondary N) is 2. The predicted molar refractivity (Wildman–Crippen MR) is 105 cm³/mol. The van der Waals surface area contributed by atoms with Crippen LogP contribution in [0.25, 0.3) is 0 Å². The molecule has 1 aromatic carbocycles. The molecule has 0 spiro atoms. The second-order valence-corrected chi connectivity index (χ2v) is 6.89. The van der Waals surface area contributed by atoms with Crippen molar-refractivity contribution < 1.29 is 4.74 Å². The van der Waals surface area contributed by atoms with Crippen molar-refractivity contribution in [2.24, 2.45) is 10.9 Å². The lowest BCUT2D eigenvalue weighted by Gasteiger charge is -2.37. The first kappa shape index (κ1) is 19.7. The van der Waals surface area contributed by atoms with Gasteiger partial charge in [0.05, 0.1) is 13.2 Å². The second kappa shape index (κ2) is 10.4. The van der Waals surface area contributed by atoms with Gasteiger partial charge in [0, 0.05) is 39.3 Å². The molecule has 0 radical (unpaired) electrons. The lowest BCUT2D eigenvalue weighted by Crippen LogP contribution is -2.52. The van der Waals surface area contributed by atoms with Gasteiger partial charge in [0.1, 0.15) is 0 Å². The molecule has 140 valence electrons. The van der Waals surface area contributed by atoms with E-state index in [1.54, 1.807) is 0 Å². The highest BCUT2D eigenvalue weighted by atomic mass is 16.5. The molecule has 0 amide bonds. The van der Waals surface area contributed by atoms with Gasteiger partial charge in [-0.25, -0.2) is 0 Å². The Balaban J connectivity index is 1.88. The molecule has 1 heterocycles. The smallest absolute Gasteiger partial charge is 0.191 e. The van der Waals surface area contributed by atoms with Gasteiger partial charge < -0.3 is 15.4 Å². The van der Waals surface area contributed by atoms with Crippen molar-refractivity contribution in [3.8, 4) is 0 Å². The highest BCUT2D eigenvalue weighted by Gasteiger charge is 2.23. The Morgan fingerprint density at radius 3 is 2.44 bits per heavy atom. The number of hydrogen-bond donors (Lipinski definition) is 2. The van der Waals surface area contributed by atoms with Gasteiger partial charge in [-0.15, -0.1) is 0 Å². The first-order valence-electron chi connectivity index (χ1n) is 9.48. The maximum absolute atomic E-state index is 5.49. The second-order valence-electron chi connectivity index (χ2n) is 6.89. The van der Waals surface area contributed by atoms with Gasteiger partial charge in [0.2, 0.25) is 0 Å². The number of guanidine groups is 1. The van der Waals surface area contributed by atoms with Gasteiger partial charge in [-0.2, -0.15) is 0 Å². The van der Waals surface area contributed by atoms with Crippen LogP contribution in [0.3, 0.4) is 0 Å². The lowest BCUT2D eigenvalue weighted by molar-refractivity contribution is 0.00752. The number of ether oxygens (including phenoxy) is 1. The number of hydrogen-bond acceptors (Lipinski definition) is 3. The molecule has 1 fully saturated rings. The van der Waals surface area contributed by atoms with E-state index in [4.69, 9.17) is 4.74 Å². The topological polar surface area (TPSA) is 48.9 Å². The first-order chi connectivity index (χ1) is 12.2. The molecule has 5 heteroatoms. The molecule has 25 heavy (non-hydrogen) atoms. The molecule has 0 saturated carbocycles. The zero-order chi connectivity index (χ0) is 18.1. The van der Waals surface area contributed by atoms with Crippen molar-refractivity contribution in [1.29, 1.82) is 0 Å². The van der Waals surface area contributed by atoms with Crippen LogP contribution in [0, 0.1) is 5.92 Å². The van der Waals surface area contributed by atoms with Gasteiger partial charge in [0.15, 0.2) is 5.96 Å². The summed E-state index contributed by atoms with van der Waals surface area (Å²) in [4.78, 5) is 6.91. The van der Waals surface area contributed by atoms with E-state index < -0.39 is 0 Å². The molecular formula is C20H34N4O. The molecule has 1 aliphatic rings. The van der Waals surface area contributed by atoms with E-state index >= 15 is 0 Å². The standard InChI is InChI=1S/C20H34N4O/c1-5-17-8-6-7-9-18(17)14-22-20(21-4)23-15-19(16(2)3)24-10-12-25-13-11-24/h6-9,16,19H,5,10-15H2,1-4H3,(H2,21,22,23). The minimum atomic E-state index is 0.491. The first-order valence-corrected chi connectivity index (χ1v) is 9.48. The van der Waals surface area contributed by atoms with Crippen LogP contribution in [-0.2, 0) is 17.7 Å². The van der Waals surface area contributed by atoms with Crippen LogP contribution in [0.4, 0.5) is 0 Å². The van der Waals surface area contributed by atoms with E-state index in [2.05, 4.69) is 65.6 Å². The van der Waals surface area contributed by atoms with Crippen molar-refractivity contribution in [2.45, 2.75) is 39.8 Å². The van der Waals surface area contributed by atoms with Gasteiger partial charge in [0.25, 0.3) is 0 Å². The molecule has 1 saturated heterocycles. The van der Waals surface area contributed by atoms with E-state index in [-0.39, 0.29) is 0 Å². The fourth-order valence-electron chi connectivity index (χ4n) is 3.37. The lowest BCUT2D eigenvalue weighted by atomic mass is 10.0. The number of morpholine rings is 1. The van der Waals surface area contributed by atoms with Crippen LogP contribution in [0.15, 0.2) is 29.3 Å². The summed E-state index contributed by atoms with van der Waals surface area (Å²) >= 11 is 0. The molecule has 1 aromatic rings. The molecule has 2 N–H and O–H groups in total. The Labute approximate surface area is 152 Å². The van der Waals surface area contributed by atoms with Crippen LogP contribution < -0.4 is 10.6 Å². The van der Waals surface area contributed by atoms with Crippen LogP contribution >= 0.6 is 0 Å². The molecule has 0 aromatic heterocycles. The third-order valence-corrected chi connectivity index (χ3v) is 4.93. The number of nitrogens with zero attached hydrogens (tertiary/aromatic N) is 2. The number of benzene rings is 1. The Bertz CT molecular complexity index is 538. The van der Waals surface area contributed by atoms with E-state index in [0.29, 0.717) is 12.0 Å². The summed E-state index contributed by atoms with van der Waals surface area (Å²) in [6.07, 6.45) is 1.05. The monoisotopic (exact) mass is 346 g/mol. The van der Waals surface area contributed by atoms with E-state index in [1.165, 1.54) is 11.1 Å². The fraction of sp³-hybridized carbons (Fsp3) is 0.650. The summed E-state index contributed by atoms with van der Waals surface area (Å²) in [5.74, 6) is 1.45. The van der Waals surface area contributed by atoms with Gasteiger partial charge in [-0.1, -0.05) is 45.0 Å². The van der Waals surface area contributed by atoms with E-state index in [9.17, 15) is 0 Å². The Morgan fingerprint density at radius 1 is 1.16 bits per heavy atom. The normalized spacial score (nSPS) is 17.6. The molecular weight excluding hydrogens is 312 g/mol. The van der Waals surface area contributed by atoms with Crippen LogP contribution in [0.5, 0.6) is 0 Å². The zero-order valence-corrected chi connectivity index (χ0v) is 16.2. The summed E-state index contributed by atoms with van der Waals surface area (Å²) < 4.78 is 5.49. The van der Waals surface area contributed by atoms with Gasteiger partial charge in [-0.05, 0) is 23.5 Å². The summed E-state index contributed by atoms with van der Waals surface area (Å²) in [7, 11) is 1.83. The molecule has 1 atom stereocenters. The molecule has 1 unspecified atom stereocenters. The van der Waals surface area contributed by atoms with Gasteiger partial charge in [-0.3, -0.25) is 9.89 Å². The van der Waals surface area contributed by atoms with E-state index in [0.717, 1.165) is 51.8 Å². The maximum Gasteiger partial charge on any atom is 0.191 e. The third-order valence-electron chi connectivity index (χ3n) is 4.93. The minimum absolute atomic E-state index is 0.491. The van der Waals surface area contributed by atoms with E-state index in [1.807, 2.05) is 7.05 Å². The van der Waals surface area contributed by atoms with Crippen LogP contribution in [0.2, 0.25) is 0 Å². The van der Waals surface area contributed by atoms with Crippen molar-refractivity contribution in [3.05, 3.63) is 35.4 Å². The summed E-state index contributed by atoms with van der Waals surface area (Å²) in [5, 5.41) is 6.97. The zero-order valence-electron chi connectivity index (χ0n) is 16.2. The fourth-order valence-corrected chi connectivity index (χ4v) is 3.37. The Hall–Kier alpha value is -1.59. The average Bonchev–Trinajstić information content (AvgIpc) is 2.65. The van der Waals surface area contributed by atoms with Crippen LogP contribution in [-0.4, -0.2) is 56.8 Å². The van der Waals surface area contributed by atoms with Gasteiger partial charge >= 0.3 is 0 Å². The van der Waals surface area contributed by atoms with Crippen molar-refractivity contribution in [2.75, 3.05) is 39.9 Å². The number of aryl methyl sites for hydroxylation is 1. The SMILES string of the molecule is CCc1ccccc1CNC(=NC)NCC(C(C)C)N1CCOCC1. The van der Waals surface area contributed by atoms with Crippen molar-refractivity contribution in [3.63, 3.8) is 0 Å². The van der Waals surface area contributed by atoms with Crippen molar-refractivity contribution in [1.82, 2.24) is 15.5 Å². The quantitative estimate of drug-likeness (QED) is 0.587. The minimum Gasteiger partial charge on any atom is -0.379 e. The Kier molecular flexibility index (Phi) is 8.22. The molecule has 0 bridgehead atoms. The largest absolute Gasteiger partial charge is 0.379 e. The molecule has 1 aliphatic heterocycles. The Morgan fingerprint density at radius 2 is 1.84 bits per heavy atom. The average molecular weight is 347 g/mol.